The van der Waals surface area contributed by atoms with Crippen molar-refractivity contribution in [2.75, 3.05) is 0 Å². The van der Waals surface area contributed by atoms with E-state index in [1.54, 1.807) is 56.2 Å². The maximum absolute atomic E-state index is 3.67. The molecular formula is C9H12N6Zn. The van der Waals surface area contributed by atoms with Gasteiger partial charge in [-0.05, 0) is 0 Å². The van der Waals surface area contributed by atoms with Gasteiger partial charge in [-0.25, -0.2) is 15.0 Å². The Labute approximate surface area is 106 Å². The summed E-state index contributed by atoms with van der Waals surface area (Å²) in [6, 6.07) is 0. The van der Waals surface area contributed by atoms with Crippen LogP contribution in [0.3, 0.4) is 0 Å². The summed E-state index contributed by atoms with van der Waals surface area (Å²) in [5.74, 6) is 0. The Morgan fingerprint density at radius 2 is 0.875 bits per heavy atom. The topological polar surface area (TPSA) is 86.0 Å². The molecule has 16 heavy (non-hydrogen) atoms. The number of nitrogens with one attached hydrogen (secondary N) is 3. The van der Waals surface area contributed by atoms with Crippen LogP contribution in [0.5, 0.6) is 0 Å². The van der Waals surface area contributed by atoms with Crippen LogP contribution in [0.25, 0.3) is 0 Å². The third kappa shape index (κ3) is 8.83. The molecule has 0 saturated carbocycles. The van der Waals surface area contributed by atoms with E-state index < -0.39 is 0 Å². The van der Waals surface area contributed by atoms with Crippen molar-refractivity contribution >= 4 is 0 Å². The first-order valence-electron chi connectivity index (χ1n) is 4.28. The summed E-state index contributed by atoms with van der Waals surface area (Å²) in [5, 5.41) is 0. The van der Waals surface area contributed by atoms with Crippen molar-refractivity contribution in [1.29, 1.82) is 0 Å². The summed E-state index contributed by atoms with van der Waals surface area (Å²) < 4.78 is 0. The largest absolute Gasteiger partial charge is 0.351 e. The summed E-state index contributed by atoms with van der Waals surface area (Å²) >= 11 is 0. The quantitative estimate of drug-likeness (QED) is 0.537. The van der Waals surface area contributed by atoms with Gasteiger partial charge in [0.1, 0.15) is 0 Å². The maximum Gasteiger partial charge on any atom is 0.0919 e. The molecule has 0 aliphatic rings. The average Bonchev–Trinajstić information content (AvgIpc) is 3.09. The zero-order chi connectivity index (χ0) is 10.6. The van der Waals surface area contributed by atoms with Crippen molar-refractivity contribution in [2.45, 2.75) is 0 Å². The molecule has 0 radical (unpaired) electrons. The number of rotatable bonds is 0. The fourth-order valence-electron chi connectivity index (χ4n) is 0.645. The van der Waals surface area contributed by atoms with E-state index in [0.717, 1.165) is 0 Å². The van der Waals surface area contributed by atoms with Crippen molar-refractivity contribution in [3.8, 4) is 0 Å². The van der Waals surface area contributed by atoms with E-state index in [4.69, 9.17) is 0 Å². The monoisotopic (exact) mass is 268 g/mol. The average molecular weight is 270 g/mol. The Kier molecular flexibility index (Phi) is 10.1. The van der Waals surface area contributed by atoms with Gasteiger partial charge in [-0.2, -0.15) is 0 Å². The molecule has 0 atom stereocenters. The summed E-state index contributed by atoms with van der Waals surface area (Å²) in [7, 11) is 0. The predicted molar refractivity (Wildman–Crippen MR) is 55.8 cm³/mol. The number of nitrogens with zero attached hydrogens (tertiary/aromatic N) is 3. The van der Waals surface area contributed by atoms with Gasteiger partial charge in [-0.15, -0.1) is 0 Å². The van der Waals surface area contributed by atoms with E-state index >= 15 is 0 Å². The van der Waals surface area contributed by atoms with Crippen LogP contribution in [0.1, 0.15) is 0 Å². The molecular weight excluding hydrogens is 258 g/mol. The van der Waals surface area contributed by atoms with Gasteiger partial charge in [-0.3, -0.25) is 0 Å². The van der Waals surface area contributed by atoms with Gasteiger partial charge < -0.3 is 15.0 Å². The maximum atomic E-state index is 3.67. The summed E-state index contributed by atoms with van der Waals surface area (Å²) in [5.41, 5.74) is 0. The van der Waals surface area contributed by atoms with Crippen molar-refractivity contribution in [3.63, 3.8) is 0 Å². The minimum atomic E-state index is 0. The van der Waals surface area contributed by atoms with Gasteiger partial charge in [0.25, 0.3) is 0 Å². The summed E-state index contributed by atoms with van der Waals surface area (Å²) in [4.78, 5) is 19.2. The third-order valence-corrected chi connectivity index (χ3v) is 1.22. The van der Waals surface area contributed by atoms with E-state index in [0.29, 0.717) is 0 Å². The first kappa shape index (κ1) is 14.3. The van der Waals surface area contributed by atoms with E-state index in [-0.39, 0.29) is 19.5 Å². The Hall–Kier alpha value is -1.75. The molecule has 0 fully saturated rings. The summed E-state index contributed by atoms with van der Waals surface area (Å²) in [6.07, 6.45) is 15.2. The standard InChI is InChI=1S/3C3H4N2.Zn/c3*1-2-5-3-4-1;/h3*1-3H,(H,4,5);. The molecule has 7 heteroatoms. The molecule has 3 rings (SSSR count). The van der Waals surface area contributed by atoms with E-state index in [1.807, 2.05) is 0 Å². The van der Waals surface area contributed by atoms with Crippen molar-refractivity contribution in [1.82, 2.24) is 29.9 Å². The van der Waals surface area contributed by atoms with Crippen molar-refractivity contribution < 1.29 is 19.5 Å². The van der Waals surface area contributed by atoms with Crippen LogP contribution in [0, 0.1) is 0 Å². The van der Waals surface area contributed by atoms with Gasteiger partial charge in [0, 0.05) is 56.7 Å². The van der Waals surface area contributed by atoms with Gasteiger partial charge in [0.2, 0.25) is 0 Å². The third-order valence-electron chi connectivity index (χ3n) is 1.22. The van der Waals surface area contributed by atoms with E-state index in [2.05, 4.69) is 29.9 Å². The second-order valence-corrected chi connectivity index (χ2v) is 2.28. The SMILES string of the molecule is [Zn].c1c[nH]cn1.c1c[nH]cn1.c1c[nH]cn1. The van der Waals surface area contributed by atoms with Crippen LogP contribution in [0.15, 0.2) is 56.2 Å². The molecule has 0 aromatic carbocycles. The Balaban J connectivity index is 0.000000205. The molecule has 0 saturated heterocycles. The number of hydrogen-bond donors (Lipinski definition) is 3. The second kappa shape index (κ2) is 11.3. The Morgan fingerprint density at radius 1 is 0.562 bits per heavy atom. The zero-order valence-corrected chi connectivity index (χ0v) is 11.7. The molecule has 0 unspecified atom stereocenters. The van der Waals surface area contributed by atoms with Crippen LogP contribution in [-0.2, 0) is 19.5 Å². The Morgan fingerprint density at radius 3 is 0.938 bits per heavy atom. The molecule has 0 aliphatic heterocycles. The predicted octanol–water partition coefficient (Wildman–Crippen LogP) is 1.23. The summed E-state index contributed by atoms with van der Waals surface area (Å²) in [6.45, 7) is 0. The first-order valence-corrected chi connectivity index (χ1v) is 4.28. The first-order chi connectivity index (χ1) is 7.50. The molecule has 0 spiro atoms. The van der Waals surface area contributed by atoms with Crippen molar-refractivity contribution in [2.24, 2.45) is 0 Å². The molecule has 3 aromatic heterocycles. The molecule has 0 aliphatic carbocycles. The van der Waals surface area contributed by atoms with E-state index in [1.165, 1.54) is 0 Å². The van der Waals surface area contributed by atoms with Crippen LogP contribution in [-0.4, -0.2) is 29.9 Å². The van der Waals surface area contributed by atoms with Gasteiger partial charge >= 0.3 is 0 Å². The van der Waals surface area contributed by atoms with E-state index in [9.17, 15) is 0 Å². The fourth-order valence-corrected chi connectivity index (χ4v) is 0.645. The molecule has 0 bridgehead atoms. The van der Waals surface area contributed by atoms with Crippen molar-refractivity contribution in [3.05, 3.63) is 56.2 Å². The minimum absolute atomic E-state index is 0. The van der Waals surface area contributed by atoms with Gasteiger partial charge in [-0.1, -0.05) is 0 Å². The molecule has 3 N–H and O–H groups in total. The number of H-pyrrole nitrogens is 3. The van der Waals surface area contributed by atoms with Crippen LogP contribution >= 0.6 is 0 Å². The molecule has 0 amide bonds. The number of hydrogen-bond acceptors (Lipinski definition) is 3. The smallest absolute Gasteiger partial charge is 0.0919 e. The zero-order valence-electron chi connectivity index (χ0n) is 8.74. The van der Waals surface area contributed by atoms with Gasteiger partial charge in [0.05, 0.1) is 19.0 Å². The fraction of sp³-hybridized carbons (Fsp3) is 0. The normalized spacial score (nSPS) is 7.50. The number of imidazole rings is 3. The number of aromatic nitrogens is 6. The minimum Gasteiger partial charge on any atom is -0.351 e. The van der Waals surface area contributed by atoms with Crippen LogP contribution < -0.4 is 0 Å². The molecule has 3 aromatic rings. The van der Waals surface area contributed by atoms with Crippen LogP contribution in [0.2, 0.25) is 0 Å². The second-order valence-electron chi connectivity index (χ2n) is 2.28. The van der Waals surface area contributed by atoms with Crippen LogP contribution in [0.4, 0.5) is 0 Å². The molecule has 6 nitrogen and oxygen atoms in total. The Bertz CT molecular complexity index is 252. The number of aromatic amines is 3. The van der Waals surface area contributed by atoms with Gasteiger partial charge in [0.15, 0.2) is 0 Å². The molecule has 3 heterocycles. The molecule has 80 valence electrons.